The Labute approximate surface area is 277 Å². The van der Waals surface area contributed by atoms with Gasteiger partial charge < -0.3 is 25.6 Å². The van der Waals surface area contributed by atoms with Gasteiger partial charge in [-0.2, -0.15) is 0 Å². The molecule has 1 saturated heterocycles. The third-order valence-electron chi connectivity index (χ3n) is 8.66. The van der Waals surface area contributed by atoms with Crippen LogP contribution in [0, 0.1) is 23.2 Å². The first-order valence-corrected chi connectivity index (χ1v) is 16.1. The number of nitrogens with zero attached hydrogens (tertiary/aromatic N) is 4. The van der Waals surface area contributed by atoms with Crippen LogP contribution in [0.3, 0.4) is 0 Å². The van der Waals surface area contributed by atoms with Crippen molar-refractivity contribution in [3.8, 4) is 5.75 Å². The highest BCUT2D eigenvalue weighted by Crippen LogP contribution is 2.38. The number of fused-ring (bicyclic) bond motifs is 1. The number of carbonyl (C=O) groups excluding carboxylic acids is 1. The van der Waals surface area contributed by atoms with E-state index in [-0.39, 0.29) is 35.0 Å². The predicted molar refractivity (Wildman–Crippen MR) is 186 cm³/mol. The van der Waals surface area contributed by atoms with Gasteiger partial charge in [-0.1, -0.05) is 62.7 Å². The quantitative estimate of drug-likeness (QED) is 0.193. The Morgan fingerprint density at radius 3 is 2.36 bits per heavy atom. The van der Waals surface area contributed by atoms with Gasteiger partial charge >= 0.3 is 6.03 Å². The molecule has 1 fully saturated rings. The van der Waals surface area contributed by atoms with E-state index in [0.717, 1.165) is 42.9 Å². The largest absolute Gasteiger partial charge is 0.484 e. The number of aliphatic imine (C=N–C) groups is 1. The highest BCUT2D eigenvalue weighted by molar-refractivity contribution is 6.05. The second-order valence-electron chi connectivity index (χ2n) is 13.4. The van der Waals surface area contributed by atoms with Crippen LogP contribution in [0.25, 0.3) is 0 Å². The lowest BCUT2D eigenvalue weighted by molar-refractivity contribution is 0.170. The van der Waals surface area contributed by atoms with Crippen LogP contribution in [0.2, 0.25) is 0 Å². The number of pyridine rings is 1. The normalized spacial score (nSPS) is 19.1. The molecule has 0 radical (unpaired) electrons. The minimum absolute atomic E-state index is 0.227. The Hall–Kier alpha value is -4.90. The van der Waals surface area contributed by atoms with Gasteiger partial charge in [0.1, 0.15) is 23.2 Å². The number of nitrogens with one attached hydrogen (secondary N) is 4. The first-order valence-electron chi connectivity index (χ1n) is 16.1. The molecular weight excluding hydrogens is 590 g/mol. The number of rotatable bonds is 5. The summed E-state index contributed by atoms with van der Waals surface area (Å²) in [7, 11) is 2.08. The molecule has 0 unspecified atom stereocenters. The number of amidine groups is 1. The van der Waals surface area contributed by atoms with Gasteiger partial charge in [0.25, 0.3) is 0 Å². The molecule has 1 aromatic heterocycles. The average molecular weight is 638 g/mol. The molecule has 2 aromatic carbocycles. The van der Waals surface area contributed by atoms with E-state index >= 15 is 0 Å². The number of piperazine rings is 1. The van der Waals surface area contributed by atoms with Crippen molar-refractivity contribution in [1.29, 1.82) is 10.8 Å². The Balaban J connectivity index is 1.31. The molecule has 6 N–H and O–H groups in total. The summed E-state index contributed by atoms with van der Waals surface area (Å²) in [5, 5.41) is 23.3. The molecule has 0 bridgehead atoms. The topological polar surface area (TPSA) is 148 Å². The average Bonchev–Trinajstić information content (AvgIpc) is 3.03. The second kappa shape index (κ2) is 14.3. The van der Waals surface area contributed by atoms with Crippen LogP contribution in [0.4, 0.5) is 10.5 Å². The minimum atomic E-state index is -0.373. The zero-order valence-electron chi connectivity index (χ0n) is 28.0. The number of ether oxygens (including phenoxy) is 1. The van der Waals surface area contributed by atoms with E-state index in [1.807, 2.05) is 81.1 Å². The van der Waals surface area contributed by atoms with Crippen molar-refractivity contribution in [2.45, 2.75) is 52.7 Å². The highest BCUT2D eigenvalue weighted by atomic mass is 16.5. The molecule has 5 rings (SSSR count). The molecule has 2 atom stereocenters. The number of aromatic nitrogens is 1. The molecule has 2 amide bonds. The zero-order chi connectivity index (χ0) is 33.7. The Bertz CT molecular complexity index is 1710. The zero-order valence-corrected chi connectivity index (χ0v) is 28.0. The Kier molecular flexibility index (Phi) is 10.1. The Morgan fingerprint density at radius 1 is 1.00 bits per heavy atom. The van der Waals surface area contributed by atoms with Gasteiger partial charge in [0, 0.05) is 43.4 Å². The van der Waals surface area contributed by atoms with E-state index in [2.05, 4.69) is 27.6 Å². The maximum Gasteiger partial charge on any atom is 0.320 e. The first kappa shape index (κ1) is 33.5. The van der Waals surface area contributed by atoms with Crippen LogP contribution in [0.15, 0.2) is 83.6 Å². The van der Waals surface area contributed by atoms with E-state index in [4.69, 9.17) is 21.3 Å². The highest BCUT2D eigenvalue weighted by Gasteiger charge is 2.30. The van der Waals surface area contributed by atoms with Gasteiger partial charge in [-0.05, 0) is 62.2 Å². The van der Waals surface area contributed by atoms with Crippen molar-refractivity contribution >= 4 is 23.5 Å². The third-order valence-corrected chi connectivity index (χ3v) is 8.66. The van der Waals surface area contributed by atoms with E-state index in [1.54, 1.807) is 29.0 Å². The monoisotopic (exact) mass is 637 g/mol. The molecule has 0 saturated carbocycles. The number of hydrogen-bond donors (Lipinski definition) is 5. The van der Waals surface area contributed by atoms with Gasteiger partial charge in [-0.15, -0.1) is 0 Å². The van der Waals surface area contributed by atoms with Gasteiger partial charge in [-0.25, -0.2) is 9.79 Å². The number of aryl methyl sites for hydroxylation is 1. The van der Waals surface area contributed by atoms with Gasteiger partial charge in [0.2, 0.25) is 5.96 Å². The molecule has 11 nitrogen and oxygen atoms in total. The first-order chi connectivity index (χ1) is 22.4. The fourth-order valence-corrected chi connectivity index (χ4v) is 5.61. The summed E-state index contributed by atoms with van der Waals surface area (Å²) < 4.78 is 8.07. The lowest BCUT2D eigenvalue weighted by Crippen LogP contribution is -2.50. The summed E-state index contributed by atoms with van der Waals surface area (Å²) in [6.07, 6.45) is 4.53. The SMILES string of the molecule is Cc1ccc(N=C(/C=C(\N)C(C)(C)C)NC(=O)N[C@H]2CC[C@@H](Oc3ccc(=N)n(C(=N)N4CCN(C)CC4)c3)c3ccccc32)cc1. The standard InChI is InChI=1S/C36H47N9O2/c1-24-10-12-25(13-11-24)40-33(22-31(37)36(2,3)4)42-35(46)41-29-15-16-30(28-9-7-6-8-27(28)29)47-26-14-17-32(38)45(23-26)34(39)44-20-18-43(5)19-21-44/h6-14,17,22-23,29-30,38-39H,15-16,18-21,37H2,1-5H3,(H2,40,41,42,46)/b31-22-,38-32?,39-34?/t29-,30+/m0/s1. The lowest BCUT2D eigenvalue weighted by atomic mass is 9.85. The summed E-state index contributed by atoms with van der Waals surface area (Å²) >= 11 is 0. The molecule has 3 aromatic rings. The van der Waals surface area contributed by atoms with Crippen molar-refractivity contribution in [2.24, 2.45) is 16.1 Å². The Morgan fingerprint density at radius 2 is 1.68 bits per heavy atom. The van der Waals surface area contributed by atoms with E-state index in [1.165, 1.54) is 0 Å². The number of hydrogen-bond acceptors (Lipinski definition) is 7. The number of amides is 2. The summed E-state index contributed by atoms with van der Waals surface area (Å²) in [5.74, 6) is 1.22. The number of allylic oxidation sites excluding steroid dienone is 1. The molecule has 11 heteroatoms. The number of benzene rings is 2. The molecule has 2 aliphatic rings. The van der Waals surface area contributed by atoms with Crippen LogP contribution < -0.4 is 26.6 Å². The molecule has 47 heavy (non-hydrogen) atoms. The van der Waals surface area contributed by atoms with Gasteiger partial charge in [0.05, 0.1) is 17.9 Å². The predicted octanol–water partition coefficient (Wildman–Crippen LogP) is 5.18. The van der Waals surface area contributed by atoms with Crippen LogP contribution in [0.5, 0.6) is 5.75 Å². The molecule has 1 aliphatic heterocycles. The van der Waals surface area contributed by atoms with Crippen LogP contribution in [-0.4, -0.2) is 65.4 Å². The van der Waals surface area contributed by atoms with Gasteiger partial charge in [-0.3, -0.25) is 20.7 Å². The van der Waals surface area contributed by atoms with Crippen molar-refractivity contribution in [1.82, 2.24) is 25.0 Å². The van der Waals surface area contributed by atoms with E-state index in [0.29, 0.717) is 35.8 Å². The van der Waals surface area contributed by atoms with Crippen molar-refractivity contribution in [2.75, 3.05) is 33.2 Å². The molecule has 248 valence electrons. The summed E-state index contributed by atoms with van der Waals surface area (Å²) in [6.45, 7) is 11.3. The van der Waals surface area contributed by atoms with Crippen LogP contribution in [0.1, 0.15) is 62.4 Å². The number of urea groups is 1. The van der Waals surface area contributed by atoms with E-state index < -0.39 is 0 Å². The fraction of sp³-hybridized carbons (Fsp3) is 0.389. The molecule has 2 heterocycles. The number of likely N-dealkylation sites (N-methyl/N-ethyl adjacent to an activating group) is 1. The van der Waals surface area contributed by atoms with E-state index in [9.17, 15) is 4.79 Å². The summed E-state index contributed by atoms with van der Waals surface area (Å²) in [6, 6.07) is 18.6. The summed E-state index contributed by atoms with van der Waals surface area (Å²) in [5.41, 5.74) is 10.7. The lowest BCUT2D eigenvalue weighted by Gasteiger charge is -2.34. The smallest absolute Gasteiger partial charge is 0.320 e. The minimum Gasteiger partial charge on any atom is -0.484 e. The third kappa shape index (κ3) is 8.48. The van der Waals surface area contributed by atoms with Crippen LogP contribution >= 0.6 is 0 Å². The second-order valence-corrected chi connectivity index (χ2v) is 13.4. The molecule has 1 aliphatic carbocycles. The fourth-order valence-electron chi connectivity index (χ4n) is 5.61. The molecule has 0 spiro atoms. The van der Waals surface area contributed by atoms with Crippen LogP contribution in [-0.2, 0) is 0 Å². The van der Waals surface area contributed by atoms with Crippen molar-refractivity contribution in [3.63, 3.8) is 0 Å². The summed E-state index contributed by atoms with van der Waals surface area (Å²) in [4.78, 5) is 22.3. The van der Waals surface area contributed by atoms with Crippen molar-refractivity contribution < 1.29 is 9.53 Å². The van der Waals surface area contributed by atoms with Crippen molar-refractivity contribution in [3.05, 3.63) is 101 Å². The maximum absolute atomic E-state index is 13.4. The maximum atomic E-state index is 13.4. The molecular formula is C36H47N9O2. The van der Waals surface area contributed by atoms with Gasteiger partial charge in [0.15, 0.2) is 0 Å². The number of carbonyl (C=O) groups is 1. The number of nitrogens with two attached hydrogens (primary N) is 1.